The molecule has 1 amide bonds. The predicted octanol–water partition coefficient (Wildman–Crippen LogP) is 1.16. The zero-order chi connectivity index (χ0) is 20.5. The third-order valence-corrected chi connectivity index (χ3v) is 6.68. The van der Waals surface area contributed by atoms with Crippen LogP contribution in [-0.2, 0) is 4.79 Å². The molecule has 5 nitrogen and oxygen atoms in total. The molecule has 3 N–H and O–H groups in total. The normalized spacial score (nSPS) is 68.7. The SMILES string of the molecule is [2H]C1([2H])[C@]2([2H])N(C(=O)[C@@H](N)C34CC5CC(CC(O)(C5)C3)C4)[C@]([2H])(C#N)C[C@]12[2H]. The molecule has 124 valence electrons. The Kier molecular flexibility index (Phi) is 1.86. The van der Waals surface area contributed by atoms with E-state index >= 15 is 0 Å². The first-order valence-corrected chi connectivity index (χ1v) is 8.51. The summed E-state index contributed by atoms with van der Waals surface area (Å²) in [6.45, 7) is 0. The highest BCUT2D eigenvalue weighted by Crippen LogP contribution is 2.63. The number of amides is 1. The maximum Gasteiger partial charge on any atom is 0.241 e. The Hall–Kier alpha value is -1.12. The summed E-state index contributed by atoms with van der Waals surface area (Å²) in [4.78, 5) is 14.1. The fourth-order valence-electron chi connectivity index (χ4n) is 6.19. The Morgan fingerprint density at radius 3 is 2.70 bits per heavy atom. The highest BCUT2D eigenvalue weighted by atomic mass is 16.3. The van der Waals surface area contributed by atoms with E-state index in [9.17, 15) is 15.2 Å². The molecule has 0 radical (unpaired) electrons. The van der Waals surface area contributed by atoms with E-state index in [-0.39, 0.29) is 11.8 Å². The van der Waals surface area contributed by atoms with Gasteiger partial charge < -0.3 is 15.7 Å². The monoisotopic (exact) mass is 320 g/mol. The second kappa shape index (κ2) is 4.29. The molecule has 1 aliphatic heterocycles. The van der Waals surface area contributed by atoms with Crippen LogP contribution in [-0.4, -0.2) is 39.6 Å². The number of piperidine rings is 1. The molecule has 0 aromatic rings. The number of nitrogens with zero attached hydrogens (tertiary/aromatic N) is 2. The third kappa shape index (κ3) is 1.88. The van der Waals surface area contributed by atoms with E-state index in [4.69, 9.17) is 12.6 Å². The van der Waals surface area contributed by atoms with E-state index < -0.39 is 53.7 Å². The van der Waals surface area contributed by atoms with Gasteiger partial charge in [-0.05, 0) is 74.5 Å². The molecule has 0 aromatic carbocycles. The quantitative estimate of drug-likeness (QED) is 0.799. The Labute approximate surface area is 143 Å². The second-order valence-electron chi connectivity index (χ2n) is 8.39. The molecule has 1 saturated heterocycles. The fraction of sp³-hybridized carbons (Fsp3) is 0.889. The molecule has 5 saturated carbocycles. The number of likely N-dealkylation sites (tertiary alicyclic amines) is 1. The van der Waals surface area contributed by atoms with Crippen LogP contribution >= 0.6 is 0 Å². The van der Waals surface area contributed by atoms with Gasteiger partial charge in [-0.25, -0.2) is 0 Å². The van der Waals surface area contributed by atoms with E-state index in [0.29, 0.717) is 37.0 Å². The molecule has 6 rings (SSSR count). The molecule has 2 unspecified atom stereocenters. The van der Waals surface area contributed by atoms with E-state index in [0.717, 1.165) is 6.42 Å². The van der Waals surface area contributed by atoms with Crippen molar-refractivity contribution < 1.29 is 16.8 Å². The molecule has 5 aliphatic carbocycles. The van der Waals surface area contributed by atoms with Crippen molar-refractivity contribution in [3.63, 3.8) is 0 Å². The van der Waals surface area contributed by atoms with Gasteiger partial charge in [0.2, 0.25) is 5.91 Å². The molecule has 23 heavy (non-hydrogen) atoms. The van der Waals surface area contributed by atoms with Gasteiger partial charge in [0.15, 0.2) is 0 Å². The molecule has 6 atom stereocenters. The highest BCUT2D eigenvalue weighted by molar-refractivity contribution is 5.84. The van der Waals surface area contributed by atoms with Crippen LogP contribution in [0.1, 0.15) is 58.2 Å². The first-order chi connectivity index (χ1) is 12.8. The lowest BCUT2D eigenvalue weighted by Crippen LogP contribution is -2.64. The molecule has 4 bridgehead atoms. The number of rotatable bonds is 2. The predicted molar refractivity (Wildman–Crippen MR) is 82.8 cm³/mol. The minimum atomic E-state index is -2.32. The van der Waals surface area contributed by atoms with Gasteiger partial charge in [0.25, 0.3) is 0 Å². The van der Waals surface area contributed by atoms with Crippen molar-refractivity contribution in [1.82, 2.24) is 4.90 Å². The van der Waals surface area contributed by atoms with Crippen LogP contribution in [0.5, 0.6) is 0 Å². The van der Waals surface area contributed by atoms with Crippen molar-refractivity contribution >= 4 is 5.91 Å². The van der Waals surface area contributed by atoms with Gasteiger partial charge in [0, 0.05) is 10.1 Å². The lowest BCUT2D eigenvalue weighted by molar-refractivity contribution is -0.177. The summed E-state index contributed by atoms with van der Waals surface area (Å²) in [5, 5.41) is 20.5. The molecular formula is C18H25N3O2. The Bertz CT molecular complexity index is 819. The summed E-state index contributed by atoms with van der Waals surface area (Å²) in [7, 11) is 0. The minimum Gasteiger partial charge on any atom is -0.390 e. The van der Waals surface area contributed by atoms with Crippen LogP contribution in [0.4, 0.5) is 0 Å². The number of aliphatic hydroxyl groups is 1. The van der Waals surface area contributed by atoms with E-state index in [1.807, 2.05) is 0 Å². The first-order valence-electron chi connectivity index (χ1n) is 11.0. The summed E-state index contributed by atoms with van der Waals surface area (Å²) in [6, 6.07) is -3.87. The number of nitrogens with two attached hydrogens (primary N) is 1. The van der Waals surface area contributed by atoms with Crippen molar-refractivity contribution in [3.8, 4) is 6.07 Å². The summed E-state index contributed by atoms with van der Waals surface area (Å²) in [5.74, 6) is -2.24. The molecule has 5 heteroatoms. The number of carbonyl (C=O) groups is 1. The van der Waals surface area contributed by atoms with E-state index in [2.05, 4.69) is 0 Å². The average Bonchev–Trinajstić information content (AvgIpc) is 2.78. The van der Waals surface area contributed by atoms with Crippen molar-refractivity contribution in [2.75, 3.05) is 0 Å². The van der Waals surface area contributed by atoms with Crippen LogP contribution in [0.2, 0.25) is 0 Å². The van der Waals surface area contributed by atoms with Gasteiger partial charge in [0.1, 0.15) is 6.02 Å². The minimum absolute atomic E-state index is 0.285. The van der Waals surface area contributed by atoms with Crippen molar-refractivity contribution in [2.24, 2.45) is 28.9 Å². The Morgan fingerprint density at radius 2 is 2.09 bits per heavy atom. The highest BCUT2D eigenvalue weighted by Gasteiger charge is 2.62. The zero-order valence-electron chi connectivity index (χ0n) is 18.0. The van der Waals surface area contributed by atoms with Crippen LogP contribution in [0.3, 0.4) is 0 Å². The first kappa shape index (κ1) is 10.0. The molecule has 6 aliphatic rings. The summed E-state index contributed by atoms with van der Waals surface area (Å²) in [5.41, 5.74) is 4.94. The number of hydrogen-bond acceptors (Lipinski definition) is 4. The molecule has 0 spiro atoms. The average molecular weight is 320 g/mol. The van der Waals surface area contributed by atoms with E-state index in [1.54, 1.807) is 6.07 Å². The van der Waals surface area contributed by atoms with Crippen molar-refractivity contribution in [2.45, 2.75) is 75.0 Å². The van der Waals surface area contributed by atoms with Gasteiger partial charge in [-0.3, -0.25) is 4.79 Å². The third-order valence-electron chi connectivity index (χ3n) is 6.68. The van der Waals surface area contributed by atoms with Crippen molar-refractivity contribution in [3.05, 3.63) is 0 Å². The van der Waals surface area contributed by atoms with Gasteiger partial charge in [-0.15, -0.1) is 0 Å². The standard InChI is InChI=1S/C18H25N3O2/c19-8-13-2-12-3-14(12)21(13)16(22)15(20)17-4-10-1-11(5-17)7-18(23,6-10)9-17/h10-15,23H,1-7,9,20H2/t10?,11?,12-,13+,14+,15-,17?,18?/m1/s1/i3D2,12D,13D,14D. The summed E-state index contributed by atoms with van der Waals surface area (Å²) >= 11 is 0. The second-order valence-corrected chi connectivity index (χ2v) is 8.39. The number of hydrogen-bond donors (Lipinski definition) is 2. The van der Waals surface area contributed by atoms with E-state index in [1.165, 1.54) is 0 Å². The largest absolute Gasteiger partial charge is 0.390 e. The maximum absolute atomic E-state index is 13.5. The van der Waals surface area contributed by atoms with Crippen LogP contribution < -0.4 is 5.73 Å². The smallest absolute Gasteiger partial charge is 0.241 e. The summed E-state index contributed by atoms with van der Waals surface area (Å²) in [6.07, 6.45) is 1.33. The number of nitriles is 1. The number of carbonyl (C=O) groups excluding carboxylic acids is 1. The zero-order valence-corrected chi connectivity index (χ0v) is 13.0. The Morgan fingerprint density at radius 1 is 1.39 bits per heavy atom. The lowest BCUT2D eigenvalue weighted by Gasteiger charge is -2.61. The summed E-state index contributed by atoms with van der Waals surface area (Å²) < 4.78 is 41.4. The topological polar surface area (TPSA) is 90.3 Å². The maximum atomic E-state index is 13.5. The van der Waals surface area contributed by atoms with Gasteiger partial charge in [0.05, 0.1) is 20.5 Å². The molecule has 0 aromatic heterocycles. The fourth-order valence-corrected chi connectivity index (χ4v) is 6.19. The van der Waals surface area contributed by atoms with Gasteiger partial charge in [-0.1, -0.05) is 0 Å². The molecular weight excluding hydrogens is 290 g/mol. The molecule has 6 fully saturated rings. The van der Waals surface area contributed by atoms with Crippen molar-refractivity contribution in [1.29, 1.82) is 5.26 Å². The van der Waals surface area contributed by atoms with Crippen LogP contribution in [0.15, 0.2) is 0 Å². The number of fused-ring (bicyclic) bond motifs is 1. The Balaban J connectivity index is 1.52. The lowest BCUT2D eigenvalue weighted by atomic mass is 9.46. The van der Waals surface area contributed by atoms with Gasteiger partial charge in [-0.2, -0.15) is 5.26 Å². The van der Waals surface area contributed by atoms with Crippen LogP contribution in [0, 0.1) is 34.5 Å². The van der Waals surface area contributed by atoms with Gasteiger partial charge >= 0.3 is 0 Å². The molecule has 1 heterocycles. The van der Waals surface area contributed by atoms with Crippen LogP contribution in [0.25, 0.3) is 0 Å².